The Morgan fingerprint density at radius 2 is 1.84 bits per heavy atom. The second-order valence-electron chi connectivity index (χ2n) is 9.96. The summed E-state index contributed by atoms with van der Waals surface area (Å²) >= 11 is 2.11. The number of ether oxygens (including phenoxy) is 2. The third kappa shape index (κ3) is 6.68. The number of hydrogen-bond acceptors (Lipinski definition) is 7. The quantitative estimate of drug-likeness (QED) is 0.209. The van der Waals surface area contributed by atoms with Crippen LogP contribution in [0.1, 0.15) is 22.5 Å². The minimum Gasteiger partial charge on any atom is -0.493 e. The van der Waals surface area contributed by atoms with Crippen LogP contribution in [0.15, 0.2) is 88.9 Å². The van der Waals surface area contributed by atoms with Crippen molar-refractivity contribution in [1.29, 1.82) is 0 Å². The van der Waals surface area contributed by atoms with E-state index in [4.69, 9.17) is 13.9 Å². The molecule has 1 aliphatic carbocycles. The lowest BCUT2D eigenvalue weighted by atomic mass is 9.87. The van der Waals surface area contributed by atoms with E-state index in [1.807, 2.05) is 12.1 Å². The number of furan rings is 1. The molecule has 4 aromatic rings. The zero-order valence-electron chi connectivity index (χ0n) is 23.2. The molecule has 1 aliphatic rings. The second kappa shape index (κ2) is 13.6. The van der Waals surface area contributed by atoms with Gasteiger partial charge < -0.3 is 34.3 Å². The maximum absolute atomic E-state index is 14.9. The Balaban J connectivity index is 1.57. The molecule has 0 spiro atoms. The highest BCUT2D eigenvalue weighted by molar-refractivity contribution is 14.1. The lowest BCUT2D eigenvalue weighted by Gasteiger charge is -2.40. The molecule has 3 unspecified atom stereocenters. The molecular formula is C32H30FIN2O7. The van der Waals surface area contributed by atoms with Crippen LogP contribution in [0.3, 0.4) is 0 Å². The summed E-state index contributed by atoms with van der Waals surface area (Å²) in [6.07, 6.45) is -0.876. The summed E-state index contributed by atoms with van der Waals surface area (Å²) < 4.78 is 33.2. The summed E-state index contributed by atoms with van der Waals surface area (Å²) in [5.74, 6) is -0.745. The van der Waals surface area contributed by atoms with Crippen LogP contribution in [-0.4, -0.2) is 65.4 Å². The summed E-state index contributed by atoms with van der Waals surface area (Å²) in [5, 5.41) is 24.2. The maximum Gasteiger partial charge on any atom is 0.290 e. The summed E-state index contributed by atoms with van der Waals surface area (Å²) in [4.78, 5) is 28.6. The van der Waals surface area contributed by atoms with Crippen molar-refractivity contribution >= 4 is 45.4 Å². The van der Waals surface area contributed by atoms with Gasteiger partial charge in [-0.05, 0) is 59.0 Å². The Labute approximate surface area is 261 Å². The highest BCUT2D eigenvalue weighted by atomic mass is 127. The van der Waals surface area contributed by atoms with Gasteiger partial charge in [0.15, 0.2) is 17.1 Å². The first-order valence-electron chi connectivity index (χ1n) is 13.6. The van der Waals surface area contributed by atoms with Crippen molar-refractivity contribution in [3.63, 3.8) is 0 Å². The van der Waals surface area contributed by atoms with E-state index in [0.29, 0.717) is 22.5 Å². The minimum absolute atomic E-state index is 0.0180. The number of nitrogens with one attached hydrogen (secondary N) is 1. The smallest absolute Gasteiger partial charge is 0.290 e. The van der Waals surface area contributed by atoms with E-state index in [1.54, 1.807) is 54.6 Å². The second-order valence-corrected chi connectivity index (χ2v) is 11.1. The van der Waals surface area contributed by atoms with Crippen LogP contribution in [0.25, 0.3) is 11.0 Å². The molecule has 0 aliphatic heterocycles. The Kier molecular flexibility index (Phi) is 9.63. The van der Waals surface area contributed by atoms with E-state index in [-0.39, 0.29) is 43.0 Å². The number of para-hydroxylation sites is 2. The molecule has 1 aromatic heterocycles. The van der Waals surface area contributed by atoms with Crippen LogP contribution in [-0.2, 0) is 11.3 Å². The molecule has 3 N–H and O–H groups in total. The Morgan fingerprint density at radius 3 is 2.58 bits per heavy atom. The standard InChI is InChI=1S/C32H30FIN2O7/c1-41-26-12-6-8-19-16-28(43-30(19)26)32(40)36(18-20-7-2-3-9-22(20)33)24-15-21(31(39)35-13-14-37)17-27(29(24)38)42-25-11-5-4-10-23(25)34/h2-12,16-17,24,27,29,37-38H,13-15,18H2,1H3,(H,35,39). The van der Waals surface area contributed by atoms with Gasteiger partial charge in [0.2, 0.25) is 5.91 Å². The van der Waals surface area contributed by atoms with E-state index in [1.165, 1.54) is 24.2 Å². The first kappa shape index (κ1) is 30.5. The topological polar surface area (TPSA) is 121 Å². The number of benzene rings is 3. The SMILES string of the molecule is COc1cccc2cc(C(=O)N(Cc3ccccc3F)C3CC(C(=O)NCCO)=CC(Oc4ccccc4I)C3O)oc12. The van der Waals surface area contributed by atoms with Crippen molar-refractivity contribution in [1.82, 2.24) is 10.2 Å². The molecule has 0 bridgehead atoms. The molecular weight excluding hydrogens is 670 g/mol. The van der Waals surface area contributed by atoms with Gasteiger partial charge in [0.25, 0.3) is 5.91 Å². The Morgan fingerprint density at radius 1 is 1.09 bits per heavy atom. The average molecular weight is 701 g/mol. The van der Waals surface area contributed by atoms with E-state index < -0.39 is 35.9 Å². The predicted molar refractivity (Wildman–Crippen MR) is 165 cm³/mol. The molecule has 0 saturated carbocycles. The van der Waals surface area contributed by atoms with Gasteiger partial charge in [-0.3, -0.25) is 9.59 Å². The third-order valence-electron chi connectivity index (χ3n) is 7.21. The van der Waals surface area contributed by atoms with Crippen LogP contribution in [0.2, 0.25) is 0 Å². The first-order valence-corrected chi connectivity index (χ1v) is 14.7. The predicted octanol–water partition coefficient (Wildman–Crippen LogP) is 4.44. The van der Waals surface area contributed by atoms with Crippen molar-refractivity contribution in [2.75, 3.05) is 20.3 Å². The lowest BCUT2D eigenvalue weighted by molar-refractivity contribution is -0.118. The number of aliphatic hydroxyl groups excluding tert-OH is 2. The highest BCUT2D eigenvalue weighted by Gasteiger charge is 2.41. The zero-order valence-corrected chi connectivity index (χ0v) is 25.4. The van der Waals surface area contributed by atoms with Crippen molar-refractivity contribution < 1.29 is 38.1 Å². The van der Waals surface area contributed by atoms with Crippen LogP contribution < -0.4 is 14.8 Å². The third-order valence-corrected chi connectivity index (χ3v) is 8.10. The van der Waals surface area contributed by atoms with Crippen LogP contribution in [0, 0.1) is 9.39 Å². The van der Waals surface area contributed by atoms with E-state index >= 15 is 0 Å². The van der Waals surface area contributed by atoms with Gasteiger partial charge in [0, 0.05) is 36.0 Å². The molecule has 0 saturated heterocycles. The molecule has 3 atom stereocenters. The average Bonchev–Trinajstić information content (AvgIpc) is 3.46. The molecule has 43 heavy (non-hydrogen) atoms. The molecule has 11 heteroatoms. The number of amides is 2. The van der Waals surface area contributed by atoms with E-state index in [0.717, 1.165) is 3.57 Å². The van der Waals surface area contributed by atoms with Gasteiger partial charge in [-0.25, -0.2) is 4.39 Å². The molecule has 0 radical (unpaired) electrons. The van der Waals surface area contributed by atoms with E-state index in [2.05, 4.69) is 27.9 Å². The number of carbonyl (C=O) groups is 2. The maximum atomic E-state index is 14.9. The highest BCUT2D eigenvalue weighted by Crippen LogP contribution is 2.33. The summed E-state index contributed by atoms with van der Waals surface area (Å²) in [5.41, 5.74) is 0.831. The van der Waals surface area contributed by atoms with Gasteiger partial charge in [-0.1, -0.05) is 42.5 Å². The van der Waals surface area contributed by atoms with Gasteiger partial charge in [0.05, 0.1) is 23.3 Å². The Hall–Kier alpha value is -3.94. The van der Waals surface area contributed by atoms with E-state index in [9.17, 15) is 24.2 Å². The number of rotatable bonds is 10. The van der Waals surface area contributed by atoms with Crippen molar-refractivity contribution in [2.45, 2.75) is 31.2 Å². The number of carbonyl (C=O) groups excluding carboxylic acids is 2. The molecule has 2 amide bonds. The number of methoxy groups -OCH3 is 1. The van der Waals surface area contributed by atoms with Gasteiger partial charge in [-0.15, -0.1) is 0 Å². The fourth-order valence-electron chi connectivity index (χ4n) is 5.06. The largest absolute Gasteiger partial charge is 0.493 e. The monoisotopic (exact) mass is 700 g/mol. The summed E-state index contributed by atoms with van der Waals surface area (Å²) in [7, 11) is 1.49. The molecule has 3 aromatic carbocycles. The van der Waals surface area contributed by atoms with Gasteiger partial charge in [-0.2, -0.15) is 0 Å². The molecule has 1 heterocycles. The van der Waals surface area contributed by atoms with Crippen molar-refractivity contribution in [3.05, 3.63) is 105 Å². The fourth-order valence-corrected chi connectivity index (χ4v) is 5.57. The number of hydrogen-bond donors (Lipinski definition) is 3. The normalized spacial score (nSPS) is 18.2. The molecule has 0 fully saturated rings. The minimum atomic E-state index is -1.31. The Bertz CT molecular complexity index is 1660. The summed E-state index contributed by atoms with van der Waals surface area (Å²) in [6.45, 7) is -0.465. The molecule has 5 rings (SSSR count). The summed E-state index contributed by atoms with van der Waals surface area (Å²) in [6, 6.07) is 19.0. The van der Waals surface area contributed by atoms with Crippen LogP contribution in [0.5, 0.6) is 11.5 Å². The van der Waals surface area contributed by atoms with Gasteiger partial charge in [0.1, 0.15) is 23.8 Å². The number of fused-ring (bicyclic) bond motifs is 1. The molecule has 9 nitrogen and oxygen atoms in total. The fraction of sp³-hybridized carbons (Fsp3) is 0.250. The van der Waals surface area contributed by atoms with Gasteiger partial charge >= 0.3 is 0 Å². The number of halogens is 2. The molecule has 224 valence electrons. The van der Waals surface area contributed by atoms with Crippen LogP contribution in [0.4, 0.5) is 4.39 Å². The van der Waals surface area contributed by atoms with Crippen LogP contribution >= 0.6 is 22.6 Å². The number of aliphatic hydroxyl groups is 2. The van der Waals surface area contributed by atoms with Crippen molar-refractivity contribution in [3.8, 4) is 11.5 Å². The lowest BCUT2D eigenvalue weighted by Crippen LogP contribution is -2.54. The first-order chi connectivity index (χ1) is 20.8. The van der Waals surface area contributed by atoms with Crippen molar-refractivity contribution in [2.24, 2.45) is 0 Å². The zero-order chi connectivity index (χ0) is 30.5. The number of nitrogens with zero attached hydrogens (tertiary/aromatic N) is 1.